The van der Waals surface area contributed by atoms with Crippen molar-refractivity contribution in [2.24, 2.45) is 11.7 Å². The molecule has 1 aliphatic heterocycles. The Morgan fingerprint density at radius 1 is 1.06 bits per heavy atom. The summed E-state index contributed by atoms with van der Waals surface area (Å²) in [5.41, 5.74) is 6.18. The Balaban J connectivity index is 1.57. The van der Waals surface area contributed by atoms with E-state index in [9.17, 15) is 18.4 Å². The van der Waals surface area contributed by atoms with Gasteiger partial charge in [-0.1, -0.05) is 6.07 Å². The zero-order chi connectivity index (χ0) is 23.6. The minimum absolute atomic E-state index is 0.0244. The second kappa shape index (κ2) is 7.65. The first-order valence-electron chi connectivity index (χ1n) is 10.9. The van der Waals surface area contributed by atoms with E-state index in [4.69, 9.17) is 11.6 Å². The van der Waals surface area contributed by atoms with Gasteiger partial charge in [-0.15, -0.1) is 0 Å². The second-order valence-corrected chi connectivity index (χ2v) is 8.97. The van der Waals surface area contributed by atoms with Crippen molar-refractivity contribution in [1.29, 1.82) is 0 Å². The van der Waals surface area contributed by atoms with E-state index in [0.717, 1.165) is 23.4 Å². The number of hydrogen-bond acceptors (Lipinski definition) is 5. The van der Waals surface area contributed by atoms with E-state index >= 15 is 4.39 Å². The molecule has 0 bridgehead atoms. The summed E-state index contributed by atoms with van der Waals surface area (Å²) in [6.45, 7) is 2.36. The first kappa shape index (κ1) is 21.6. The van der Waals surface area contributed by atoms with Gasteiger partial charge in [0.05, 0.1) is 17.4 Å². The molecule has 0 amide bonds. The monoisotopic (exact) mass is 459 g/mol. The first-order chi connectivity index (χ1) is 15.7. The first-order valence-corrected chi connectivity index (χ1v) is 10.9. The van der Waals surface area contributed by atoms with E-state index in [2.05, 4.69) is 0 Å². The Morgan fingerprint density at radius 2 is 1.73 bits per heavy atom. The summed E-state index contributed by atoms with van der Waals surface area (Å²) in [5, 5.41) is 0. The molecule has 33 heavy (non-hydrogen) atoms. The lowest BCUT2D eigenvalue weighted by Crippen LogP contribution is -2.44. The van der Waals surface area contributed by atoms with Crippen molar-refractivity contribution in [3.8, 4) is 0 Å². The molecule has 1 aliphatic carbocycles. The number of anilines is 1. The third-order valence-corrected chi connectivity index (χ3v) is 6.90. The standard InChI is InChI=1S/C23H24F3N5O2/c1-11-20(29-8-7-13(9-29)19(27)18-14(24)3-2-4-15(18)25)16(26)10-30-21(11)17(12-5-6-12)22(32)31(28)23(30)33/h2-4,10,12-13,19H,5-9,27-28H2,1H3. The van der Waals surface area contributed by atoms with Crippen molar-refractivity contribution in [2.45, 2.75) is 38.1 Å². The summed E-state index contributed by atoms with van der Waals surface area (Å²) < 4.78 is 45.4. The van der Waals surface area contributed by atoms with Crippen molar-refractivity contribution in [1.82, 2.24) is 9.08 Å². The lowest BCUT2D eigenvalue weighted by Gasteiger charge is -2.25. The molecule has 1 aromatic carbocycles. The average molecular weight is 459 g/mol. The molecule has 1 saturated heterocycles. The van der Waals surface area contributed by atoms with Gasteiger partial charge in [-0.25, -0.2) is 18.0 Å². The smallest absolute Gasteiger partial charge is 0.354 e. The summed E-state index contributed by atoms with van der Waals surface area (Å²) in [6, 6.07) is 2.72. The van der Waals surface area contributed by atoms with Gasteiger partial charge in [0.15, 0.2) is 5.82 Å². The largest absolute Gasteiger partial charge is 0.368 e. The number of aromatic nitrogens is 2. The van der Waals surface area contributed by atoms with Gasteiger partial charge in [0, 0.05) is 35.8 Å². The third kappa shape index (κ3) is 3.31. The molecular formula is C23H24F3N5O2. The topological polar surface area (TPSA) is 98.8 Å². The highest BCUT2D eigenvalue weighted by molar-refractivity contribution is 5.72. The highest BCUT2D eigenvalue weighted by Gasteiger charge is 2.35. The Labute approximate surface area is 187 Å². The van der Waals surface area contributed by atoms with E-state index < -0.39 is 34.7 Å². The number of rotatable bonds is 4. The van der Waals surface area contributed by atoms with Gasteiger partial charge in [-0.2, -0.15) is 4.68 Å². The van der Waals surface area contributed by atoms with Crippen molar-refractivity contribution in [2.75, 3.05) is 23.8 Å². The molecule has 2 fully saturated rings. The lowest BCUT2D eigenvalue weighted by atomic mass is 9.92. The number of aryl methyl sites for hydroxylation is 1. The fraction of sp³-hybridized carbons (Fsp3) is 0.391. The molecule has 2 unspecified atom stereocenters. The van der Waals surface area contributed by atoms with Crippen LogP contribution in [-0.2, 0) is 0 Å². The van der Waals surface area contributed by atoms with E-state index in [1.165, 1.54) is 18.2 Å². The molecule has 174 valence electrons. The molecule has 1 saturated carbocycles. The number of fused-ring (bicyclic) bond motifs is 1. The summed E-state index contributed by atoms with van der Waals surface area (Å²) in [6.07, 6.45) is 3.15. The number of nitrogens with two attached hydrogens (primary N) is 2. The summed E-state index contributed by atoms with van der Waals surface area (Å²) in [5.74, 6) is 3.27. The molecule has 2 aromatic heterocycles. The minimum atomic E-state index is -0.894. The number of halogens is 3. The molecule has 0 radical (unpaired) electrons. The Bertz CT molecular complexity index is 1380. The van der Waals surface area contributed by atoms with Gasteiger partial charge in [-0.05, 0) is 50.2 Å². The number of benzene rings is 1. The van der Waals surface area contributed by atoms with Gasteiger partial charge in [0.25, 0.3) is 5.56 Å². The van der Waals surface area contributed by atoms with Crippen LogP contribution in [0.3, 0.4) is 0 Å². The zero-order valence-corrected chi connectivity index (χ0v) is 18.0. The maximum atomic E-state index is 15.3. The minimum Gasteiger partial charge on any atom is -0.368 e. The van der Waals surface area contributed by atoms with Crippen LogP contribution in [0.4, 0.5) is 18.9 Å². The van der Waals surface area contributed by atoms with Gasteiger partial charge in [0.1, 0.15) is 11.6 Å². The second-order valence-electron chi connectivity index (χ2n) is 8.97. The van der Waals surface area contributed by atoms with Crippen LogP contribution in [0.5, 0.6) is 0 Å². The van der Waals surface area contributed by atoms with Crippen LogP contribution in [0, 0.1) is 30.3 Å². The molecule has 5 rings (SSSR count). The van der Waals surface area contributed by atoms with Crippen LogP contribution in [0.2, 0.25) is 0 Å². The average Bonchev–Trinajstić information content (AvgIpc) is 3.49. The summed E-state index contributed by atoms with van der Waals surface area (Å²) >= 11 is 0. The molecule has 2 atom stereocenters. The third-order valence-electron chi connectivity index (χ3n) is 6.90. The number of nitrogens with zero attached hydrogens (tertiary/aromatic N) is 3. The molecule has 0 spiro atoms. The predicted octanol–water partition coefficient (Wildman–Crippen LogP) is 2.30. The zero-order valence-electron chi connectivity index (χ0n) is 18.0. The van der Waals surface area contributed by atoms with Crippen molar-refractivity contribution in [3.05, 3.63) is 79.4 Å². The van der Waals surface area contributed by atoms with Gasteiger partial charge >= 0.3 is 5.69 Å². The maximum Gasteiger partial charge on any atom is 0.354 e. The SMILES string of the molecule is Cc1c(N2CCC(C(N)c3c(F)cccc3F)C2)c(F)cn2c(=O)n(N)c(=O)c(C3CC3)c12. The molecule has 3 aromatic rings. The highest BCUT2D eigenvalue weighted by atomic mass is 19.1. The number of pyridine rings is 1. The lowest BCUT2D eigenvalue weighted by molar-refractivity contribution is 0.430. The normalized spacial score (nSPS) is 19.4. The number of nitrogen functional groups attached to an aromatic ring is 1. The van der Waals surface area contributed by atoms with Gasteiger partial charge in [-0.3, -0.25) is 9.20 Å². The molecule has 4 N–H and O–H groups in total. The molecule has 7 nitrogen and oxygen atoms in total. The summed E-state index contributed by atoms with van der Waals surface area (Å²) in [4.78, 5) is 27.1. The Kier molecular flexibility index (Phi) is 5.00. The highest BCUT2D eigenvalue weighted by Crippen LogP contribution is 2.42. The fourth-order valence-corrected chi connectivity index (χ4v) is 5.10. The van der Waals surface area contributed by atoms with Crippen LogP contribution < -0.4 is 27.7 Å². The van der Waals surface area contributed by atoms with E-state index in [1.54, 1.807) is 11.8 Å². The van der Waals surface area contributed by atoms with Crippen LogP contribution in [-0.4, -0.2) is 22.2 Å². The van der Waals surface area contributed by atoms with E-state index in [1.807, 2.05) is 0 Å². The molecular weight excluding hydrogens is 435 g/mol. The van der Waals surface area contributed by atoms with Crippen LogP contribution in [0.1, 0.15) is 47.9 Å². The van der Waals surface area contributed by atoms with Crippen LogP contribution >= 0.6 is 0 Å². The molecule has 2 aliphatic rings. The van der Waals surface area contributed by atoms with Gasteiger partial charge in [0.2, 0.25) is 0 Å². The summed E-state index contributed by atoms with van der Waals surface area (Å²) in [7, 11) is 0. The van der Waals surface area contributed by atoms with Crippen molar-refractivity contribution in [3.63, 3.8) is 0 Å². The molecule has 3 heterocycles. The van der Waals surface area contributed by atoms with Crippen molar-refractivity contribution >= 4 is 11.2 Å². The van der Waals surface area contributed by atoms with Crippen LogP contribution in [0.15, 0.2) is 34.0 Å². The number of hydrogen-bond donors (Lipinski definition) is 2. The predicted molar refractivity (Wildman–Crippen MR) is 118 cm³/mol. The molecule has 10 heteroatoms. The maximum absolute atomic E-state index is 15.3. The quantitative estimate of drug-likeness (QED) is 0.584. The van der Waals surface area contributed by atoms with E-state index in [0.29, 0.717) is 34.3 Å². The Morgan fingerprint density at radius 3 is 2.36 bits per heavy atom. The van der Waals surface area contributed by atoms with E-state index in [-0.39, 0.29) is 29.6 Å². The van der Waals surface area contributed by atoms with Crippen LogP contribution in [0.25, 0.3) is 5.52 Å². The van der Waals surface area contributed by atoms with Gasteiger partial charge < -0.3 is 16.5 Å². The van der Waals surface area contributed by atoms with Crippen molar-refractivity contribution < 1.29 is 13.2 Å². The fourth-order valence-electron chi connectivity index (χ4n) is 5.10. The Hall–Kier alpha value is -3.27.